The largest absolute Gasteiger partial charge is 0.496 e. The number of piperidine rings is 1. The molecule has 1 fully saturated rings. The summed E-state index contributed by atoms with van der Waals surface area (Å²) < 4.78 is 10.8. The molecule has 2 rings (SSSR count). The van der Waals surface area contributed by atoms with E-state index >= 15 is 0 Å². The van der Waals surface area contributed by atoms with E-state index in [1.165, 1.54) is 5.56 Å². The van der Waals surface area contributed by atoms with E-state index < -0.39 is 11.7 Å². The van der Waals surface area contributed by atoms with Crippen molar-refractivity contribution >= 4 is 11.8 Å². The highest BCUT2D eigenvalue weighted by molar-refractivity contribution is 5.85. The van der Waals surface area contributed by atoms with Crippen LogP contribution in [0.3, 0.4) is 0 Å². The molecule has 1 aliphatic heterocycles. The molecule has 1 aromatic carbocycles. The van der Waals surface area contributed by atoms with Gasteiger partial charge in [-0.25, -0.2) is 4.79 Å². The minimum Gasteiger partial charge on any atom is -0.496 e. The number of amides is 1. The summed E-state index contributed by atoms with van der Waals surface area (Å²) in [6.45, 7) is 7.59. The maximum absolute atomic E-state index is 11.8. The number of carbonyl (C=O) groups excluding carboxylic acids is 1. The molecule has 1 heterocycles. The predicted octanol–water partition coefficient (Wildman–Crippen LogP) is 3.51. The molecular weight excluding hydrogens is 280 g/mol. The van der Waals surface area contributed by atoms with Crippen LogP contribution >= 0.6 is 0 Å². The molecule has 1 saturated heterocycles. The van der Waals surface area contributed by atoms with Gasteiger partial charge < -0.3 is 14.8 Å². The molecule has 1 amide bonds. The first-order valence-corrected chi connectivity index (χ1v) is 7.78. The summed E-state index contributed by atoms with van der Waals surface area (Å²) in [6.07, 6.45) is 1.76. The second-order valence-corrected chi connectivity index (χ2v) is 6.61. The van der Waals surface area contributed by atoms with Gasteiger partial charge in [0.25, 0.3) is 0 Å². The highest BCUT2D eigenvalue weighted by Crippen LogP contribution is 2.34. The van der Waals surface area contributed by atoms with E-state index in [-0.39, 0.29) is 0 Å². The molecule has 5 heteroatoms. The minimum absolute atomic E-state index is 0.454. The monoisotopic (exact) mass is 306 g/mol. The smallest absolute Gasteiger partial charge is 0.412 e. The third kappa shape index (κ3) is 4.63. The maximum Gasteiger partial charge on any atom is 0.412 e. The van der Waals surface area contributed by atoms with Crippen molar-refractivity contribution in [2.24, 2.45) is 0 Å². The van der Waals surface area contributed by atoms with Crippen LogP contribution in [-0.2, 0) is 4.74 Å². The summed E-state index contributed by atoms with van der Waals surface area (Å²) in [5.41, 5.74) is 1.38. The zero-order valence-electron chi connectivity index (χ0n) is 13.9. The van der Waals surface area contributed by atoms with E-state index in [9.17, 15) is 4.79 Å². The molecule has 1 aliphatic rings. The molecule has 0 radical (unpaired) electrons. The molecule has 0 unspecified atom stereocenters. The summed E-state index contributed by atoms with van der Waals surface area (Å²) in [5, 5.41) is 6.12. The Balaban J connectivity index is 2.09. The lowest BCUT2D eigenvalue weighted by atomic mass is 9.89. The number of methoxy groups -OCH3 is 1. The van der Waals surface area contributed by atoms with Crippen LogP contribution in [0.2, 0.25) is 0 Å². The van der Waals surface area contributed by atoms with Gasteiger partial charge in [-0.05, 0) is 64.3 Å². The number of hydrogen-bond donors (Lipinski definition) is 2. The van der Waals surface area contributed by atoms with Gasteiger partial charge in [-0.1, -0.05) is 6.07 Å². The maximum atomic E-state index is 11.8. The van der Waals surface area contributed by atoms with Gasteiger partial charge in [0.15, 0.2) is 0 Å². The number of hydrogen-bond acceptors (Lipinski definition) is 4. The van der Waals surface area contributed by atoms with Gasteiger partial charge in [0.1, 0.15) is 11.4 Å². The van der Waals surface area contributed by atoms with Crippen molar-refractivity contribution in [2.45, 2.75) is 45.1 Å². The van der Waals surface area contributed by atoms with Crippen LogP contribution in [-0.4, -0.2) is 31.9 Å². The Morgan fingerprint density at radius 3 is 2.55 bits per heavy atom. The second-order valence-electron chi connectivity index (χ2n) is 6.61. The third-order valence-corrected chi connectivity index (χ3v) is 3.66. The average molecular weight is 306 g/mol. The topological polar surface area (TPSA) is 59.6 Å². The Kier molecular flexibility index (Phi) is 5.29. The molecule has 22 heavy (non-hydrogen) atoms. The number of ether oxygens (including phenoxy) is 2. The van der Waals surface area contributed by atoms with Crippen molar-refractivity contribution in [1.29, 1.82) is 0 Å². The summed E-state index contributed by atoms with van der Waals surface area (Å²) in [5.74, 6) is 1.33. The Bertz CT molecular complexity index is 517. The molecule has 0 bridgehead atoms. The minimum atomic E-state index is -0.511. The van der Waals surface area contributed by atoms with Crippen molar-refractivity contribution in [1.82, 2.24) is 5.32 Å². The Morgan fingerprint density at radius 1 is 1.27 bits per heavy atom. The zero-order valence-corrected chi connectivity index (χ0v) is 13.9. The molecule has 122 valence electrons. The Labute approximate surface area is 132 Å². The normalized spacial score (nSPS) is 16.2. The molecular formula is C17H26N2O3. The molecule has 0 saturated carbocycles. The fraction of sp³-hybridized carbons (Fsp3) is 0.588. The molecule has 2 N–H and O–H groups in total. The van der Waals surface area contributed by atoms with Crippen LogP contribution in [0.15, 0.2) is 18.2 Å². The van der Waals surface area contributed by atoms with Gasteiger partial charge in [0.2, 0.25) is 0 Å². The summed E-state index contributed by atoms with van der Waals surface area (Å²) >= 11 is 0. The van der Waals surface area contributed by atoms with E-state index in [0.29, 0.717) is 11.6 Å². The highest BCUT2D eigenvalue weighted by atomic mass is 16.6. The van der Waals surface area contributed by atoms with Gasteiger partial charge >= 0.3 is 6.09 Å². The van der Waals surface area contributed by atoms with Crippen LogP contribution in [0.5, 0.6) is 5.75 Å². The number of nitrogens with one attached hydrogen (secondary N) is 2. The molecule has 1 aromatic rings. The number of benzene rings is 1. The van der Waals surface area contributed by atoms with E-state index in [4.69, 9.17) is 9.47 Å². The van der Waals surface area contributed by atoms with Crippen molar-refractivity contribution < 1.29 is 14.3 Å². The lowest BCUT2D eigenvalue weighted by molar-refractivity contribution is 0.0636. The van der Waals surface area contributed by atoms with Crippen molar-refractivity contribution in [3.05, 3.63) is 23.8 Å². The van der Waals surface area contributed by atoms with Crippen LogP contribution in [0, 0.1) is 0 Å². The quantitative estimate of drug-likeness (QED) is 0.897. The second kappa shape index (κ2) is 7.01. The Hall–Kier alpha value is -1.75. The first kappa shape index (κ1) is 16.6. The predicted molar refractivity (Wildman–Crippen MR) is 87.7 cm³/mol. The van der Waals surface area contributed by atoms with Crippen LogP contribution in [0.25, 0.3) is 0 Å². The molecule has 0 spiro atoms. The number of anilines is 1. The first-order valence-electron chi connectivity index (χ1n) is 7.78. The van der Waals surface area contributed by atoms with Crippen LogP contribution in [0.4, 0.5) is 10.5 Å². The average Bonchev–Trinajstić information content (AvgIpc) is 2.46. The van der Waals surface area contributed by atoms with Gasteiger partial charge in [-0.3, -0.25) is 5.32 Å². The van der Waals surface area contributed by atoms with Crippen LogP contribution in [0.1, 0.15) is 45.1 Å². The van der Waals surface area contributed by atoms with Crippen molar-refractivity contribution in [3.8, 4) is 5.75 Å². The van der Waals surface area contributed by atoms with Gasteiger partial charge in [0.05, 0.1) is 7.11 Å². The Morgan fingerprint density at radius 2 is 1.95 bits per heavy atom. The van der Waals surface area contributed by atoms with Gasteiger partial charge in [0, 0.05) is 11.8 Å². The molecule has 0 aliphatic carbocycles. The van der Waals surface area contributed by atoms with E-state index in [0.717, 1.165) is 31.7 Å². The van der Waals surface area contributed by atoms with E-state index in [1.54, 1.807) is 7.11 Å². The van der Waals surface area contributed by atoms with Gasteiger partial charge in [-0.2, -0.15) is 0 Å². The zero-order chi connectivity index (χ0) is 16.2. The van der Waals surface area contributed by atoms with Crippen molar-refractivity contribution in [3.63, 3.8) is 0 Å². The standard InChI is InChI=1S/C17H26N2O3/c1-17(2,3)22-16(20)19-13-5-6-14(15(11-13)21-4)12-7-9-18-10-8-12/h5-6,11-12,18H,7-10H2,1-4H3,(H,19,20). The van der Waals surface area contributed by atoms with Gasteiger partial charge in [-0.15, -0.1) is 0 Å². The van der Waals surface area contributed by atoms with E-state index in [2.05, 4.69) is 10.6 Å². The fourth-order valence-corrected chi connectivity index (χ4v) is 2.68. The lowest BCUT2D eigenvalue weighted by Crippen LogP contribution is -2.27. The molecule has 5 nitrogen and oxygen atoms in total. The van der Waals surface area contributed by atoms with Crippen LogP contribution < -0.4 is 15.4 Å². The summed E-state index contributed by atoms with van der Waals surface area (Å²) in [7, 11) is 1.66. The summed E-state index contributed by atoms with van der Waals surface area (Å²) in [6, 6.07) is 5.81. The highest BCUT2D eigenvalue weighted by Gasteiger charge is 2.20. The molecule has 0 aromatic heterocycles. The fourth-order valence-electron chi connectivity index (χ4n) is 2.68. The van der Waals surface area contributed by atoms with E-state index in [1.807, 2.05) is 39.0 Å². The molecule has 0 atom stereocenters. The first-order chi connectivity index (χ1) is 10.4. The number of rotatable bonds is 3. The SMILES string of the molecule is COc1cc(NC(=O)OC(C)(C)C)ccc1C1CCNCC1. The third-order valence-electron chi connectivity index (χ3n) is 3.66. The van der Waals surface area contributed by atoms with Crippen molar-refractivity contribution in [2.75, 3.05) is 25.5 Å². The lowest BCUT2D eigenvalue weighted by Gasteiger charge is -2.25. The summed E-state index contributed by atoms with van der Waals surface area (Å²) in [4.78, 5) is 11.8. The number of carbonyl (C=O) groups is 1.